The molecular formula is C17H20BrNO2. The van der Waals surface area contributed by atoms with Crippen LogP contribution in [0, 0.1) is 0 Å². The molecule has 0 aliphatic rings. The molecule has 1 atom stereocenters. The molecule has 0 heterocycles. The first-order valence-corrected chi connectivity index (χ1v) is 7.76. The number of anilines is 1. The normalized spacial score (nSPS) is 11.8. The summed E-state index contributed by atoms with van der Waals surface area (Å²) in [6.45, 7) is 4.78. The van der Waals surface area contributed by atoms with E-state index in [2.05, 4.69) is 34.2 Å². The van der Waals surface area contributed by atoms with Gasteiger partial charge in [-0.1, -0.05) is 18.2 Å². The van der Waals surface area contributed by atoms with E-state index in [0.717, 1.165) is 27.2 Å². The average molecular weight is 350 g/mol. The average Bonchev–Trinajstić information content (AvgIpc) is 2.48. The molecule has 0 spiro atoms. The molecule has 0 radical (unpaired) electrons. The Bertz CT molecular complexity index is 601. The zero-order chi connectivity index (χ0) is 15.2. The number of para-hydroxylation sites is 1. The summed E-state index contributed by atoms with van der Waals surface area (Å²) in [4.78, 5) is 0. The lowest BCUT2D eigenvalue weighted by Gasteiger charge is -2.19. The van der Waals surface area contributed by atoms with Crippen LogP contribution in [0.2, 0.25) is 0 Å². The van der Waals surface area contributed by atoms with Crippen LogP contribution in [-0.2, 0) is 0 Å². The van der Waals surface area contributed by atoms with Crippen molar-refractivity contribution in [2.24, 2.45) is 0 Å². The van der Waals surface area contributed by atoms with Crippen molar-refractivity contribution in [3.8, 4) is 11.5 Å². The predicted octanol–water partition coefficient (Wildman–Crippen LogP) is 5.03. The number of hydrogen-bond donors (Lipinski definition) is 1. The van der Waals surface area contributed by atoms with E-state index >= 15 is 0 Å². The summed E-state index contributed by atoms with van der Waals surface area (Å²) in [5.41, 5.74) is 2.17. The highest BCUT2D eigenvalue weighted by Gasteiger charge is 2.11. The molecule has 0 saturated heterocycles. The van der Waals surface area contributed by atoms with Crippen LogP contribution in [-0.4, -0.2) is 13.7 Å². The molecular weight excluding hydrogens is 330 g/mol. The Morgan fingerprint density at radius 3 is 2.57 bits per heavy atom. The first-order chi connectivity index (χ1) is 10.2. The zero-order valence-corrected chi connectivity index (χ0v) is 14.1. The smallest absolute Gasteiger partial charge is 0.133 e. The van der Waals surface area contributed by atoms with Crippen LogP contribution in [0.1, 0.15) is 25.5 Å². The molecule has 0 aliphatic heterocycles. The summed E-state index contributed by atoms with van der Waals surface area (Å²) in [5, 5.41) is 3.48. The monoisotopic (exact) mass is 349 g/mol. The van der Waals surface area contributed by atoms with Crippen LogP contribution in [0.15, 0.2) is 46.9 Å². The Morgan fingerprint density at radius 2 is 1.90 bits per heavy atom. The molecule has 0 bridgehead atoms. The van der Waals surface area contributed by atoms with E-state index in [9.17, 15) is 0 Å². The first-order valence-electron chi connectivity index (χ1n) is 6.97. The Balaban J connectivity index is 2.18. The van der Waals surface area contributed by atoms with Crippen molar-refractivity contribution >= 4 is 21.6 Å². The van der Waals surface area contributed by atoms with E-state index in [1.54, 1.807) is 7.11 Å². The van der Waals surface area contributed by atoms with Crippen molar-refractivity contribution in [3.63, 3.8) is 0 Å². The van der Waals surface area contributed by atoms with Gasteiger partial charge in [-0.25, -0.2) is 0 Å². The number of halogens is 1. The van der Waals surface area contributed by atoms with Crippen molar-refractivity contribution in [1.82, 2.24) is 0 Å². The number of methoxy groups -OCH3 is 1. The molecule has 3 nitrogen and oxygen atoms in total. The third-order valence-corrected chi connectivity index (χ3v) is 3.84. The van der Waals surface area contributed by atoms with Gasteiger partial charge in [-0.15, -0.1) is 0 Å². The lowest BCUT2D eigenvalue weighted by molar-refractivity contribution is 0.335. The van der Waals surface area contributed by atoms with Gasteiger partial charge in [0.05, 0.1) is 24.2 Å². The van der Waals surface area contributed by atoms with Gasteiger partial charge in [-0.3, -0.25) is 0 Å². The van der Waals surface area contributed by atoms with Crippen molar-refractivity contribution in [2.75, 3.05) is 19.0 Å². The molecule has 1 unspecified atom stereocenters. The summed E-state index contributed by atoms with van der Waals surface area (Å²) in [6.07, 6.45) is 0. The Labute approximate surface area is 134 Å². The summed E-state index contributed by atoms with van der Waals surface area (Å²) in [5.74, 6) is 1.75. The zero-order valence-electron chi connectivity index (χ0n) is 12.5. The molecule has 2 aromatic rings. The largest absolute Gasteiger partial charge is 0.496 e. The maximum atomic E-state index is 5.69. The van der Waals surface area contributed by atoms with Gasteiger partial charge >= 0.3 is 0 Å². The lowest BCUT2D eigenvalue weighted by atomic mass is 10.1. The standard InChI is InChI=1S/C17H20BrNO2/c1-4-21-16-8-6-5-7-14(16)12(2)19-13-9-10-17(20-3)15(18)11-13/h5-12,19H,4H2,1-3H3. The highest BCUT2D eigenvalue weighted by Crippen LogP contribution is 2.31. The number of benzene rings is 2. The van der Waals surface area contributed by atoms with Crippen molar-refractivity contribution < 1.29 is 9.47 Å². The molecule has 21 heavy (non-hydrogen) atoms. The van der Waals surface area contributed by atoms with Gasteiger partial charge in [0, 0.05) is 11.3 Å². The molecule has 4 heteroatoms. The quantitative estimate of drug-likeness (QED) is 0.793. The highest BCUT2D eigenvalue weighted by molar-refractivity contribution is 9.10. The van der Waals surface area contributed by atoms with Crippen LogP contribution in [0.4, 0.5) is 5.69 Å². The van der Waals surface area contributed by atoms with Gasteiger partial charge < -0.3 is 14.8 Å². The van der Waals surface area contributed by atoms with Crippen molar-refractivity contribution in [1.29, 1.82) is 0 Å². The van der Waals surface area contributed by atoms with Crippen LogP contribution < -0.4 is 14.8 Å². The van der Waals surface area contributed by atoms with Gasteiger partial charge in [-0.05, 0) is 54.0 Å². The summed E-state index contributed by atoms with van der Waals surface area (Å²) in [7, 11) is 1.66. The topological polar surface area (TPSA) is 30.5 Å². The minimum Gasteiger partial charge on any atom is -0.496 e. The number of hydrogen-bond acceptors (Lipinski definition) is 3. The maximum Gasteiger partial charge on any atom is 0.133 e. The first kappa shape index (κ1) is 15.7. The van der Waals surface area contributed by atoms with Gasteiger partial charge in [0.25, 0.3) is 0 Å². The number of rotatable bonds is 6. The highest BCUT2D eigenvalue weighted by atomic mass is 79.9. The minimum absolute atomic E-state index is 0.146. The Morgan fingerprint density at radius 1 is 1.14 bits per heavy atom. The van der Waals surface area contributed by atoms with Crippen LogP contribution >= 0.6 is 15.9 Å². The van der Waals surface area contributed by atoms with Crippen molar-refractivity contribution in [2.45, 2.75) is 19.9 Å². The fourth-order valence-corrected chi connectivity index (χ4v) is 2.75. The molecule has 112 valence electrons. The second-order valence-corrected chi connectivity index (χ2v) is 5.54. The number of nitrogens with one attached hydrogen (secondary N) is 1. The van der Waals surface area contributed by atoms with Crippen LogP contribution in [0.25, 0.3) is 0 Å². The number of ether oxygens (including phenoxy) is 2. The van der Waals surface area contributed by atoms with Gasteiger partial charge in [-0.2, -0.15) is 0 Å². The molecule has 0 aliphatic carbocycles. The van der Waals surface area contributed by atoms with Gasteiger partial charge in [0.15, 0.2) is 0 Å². The SMILES string of the molecule is CCOc1ccccc1C(C)Nc1ccc(OC)c(Br)c1. The van der Waals surface area contributed by atoms with Gasteiger partial charge in [0.2, 0.25) is 0 Å². The molecule has 1 N–H and O–H groups in total. The van der Waals surface area contributed by atoms with E-state index < -0.39 is 0 Å². The molecule has 2 aromatic carbocycles. The summed E-state index contributed by atoms with van der Waals surface area (Å²) in [6, 6.07) is 14.2. The maximum absolute atomic E-state index is 5.69. The van der Waals surface area contributed by atoms with Crippen molar-refractivity contribution in [3.05, 3.63) is 52.5 Å². The molecule has 0 fully saturated rings. The minimum atomic E-state index is 0.146. The van der Waals surface area contributed by atoms with Gasteiger partial charge in [0.1, 0.15) is 11.5 Å². The van der Waals surface area contributed by atoms with Crippen LogP contribution in [0.3, 0.4) is 0 Å². The second kappa shape index (κ2) is 7.36. The predicted molar refractivity (Wildman–Crippen MR) is 90.3 cm³/mol. The fraction of sp³-hybridized carbons (Fsp3) is 0.294. The Hall–Kier alpha value is -1.68. The Kier molecular flexibility index (Phi) is 5.51. The van der Waals surface area contributed by atoms with Crippen LogP contribution in [0.5, 0.6) is 11.5 Å². The third kappa shape index (κ3) is 3.91. The van der Waals surface area contributed by atoms with E-state index in [1.165, 1.54) is 0 Å². The third-order valence-electron chi connectivity index (χ3n) is 3.22. The fourth-order valence-electron chi connectivity index (χ4n) is 2.21. The van der Waals surface area contributed by atoms with E-state index in [4.69, 9.17) is 9.47 Å². The second-order valence-electron chi connectivity index (χ2n) is 4.69. The molecule has 0 amide bonds. The molecule has 2 rings (SSSR count). The molecule has 0 saturated carbocycles. The summed E-state index contributed by atoms with van der Waals surface area (Å²) < 4.78 is 11.9. The van der Waals surface area contributed by atoms with E-state index in [1.807, 2.05) is 43.3 Å². The lowest BCUT2D eigenvalue weighted by Crippen LogP contribution is -2.09. The van der Waals surface area contributed by atoms with E-state index in [-0.39, 0.29) is 6.04 Å². The van der Waals surface area contributed by atoms with E-state index in [0.29, 0.717) is 6.61 Å². The molecule has 0 aromatic heterocycles. The summed E-state index contributed by atoms with van der Waals surface area (Å²) >= 11 is 3.50.